The summed E-state index contributed by atoms with van der Waals surface area (Å²) in [4.78, 5) is 25.9. The molecule has 4 nitrogen and oxygen atoms in total. The molecule has 0 aliphatic carbocycles. The lowest BCUT2D eigenvalue weighted by atomic mass is 10.2. The number of carboxylic acid groups (broad SMARTS) is 1. The zero-order valence-electron chi connectivity index (χ0n) is 13.1. The van der Waals surface area contributed by atoms with Crippen LogP contribution in [0, 0.1) is 0 Å². The maximum absolute atomic E-state index is 12.6. The van der Waals surface area contributed by atoms with E-state index >= 15 is 0 Å². The maximum Gasteiger partial charge on any atom is 0.237 e. The van der Waals surface area contributed by atoms with Gasteiger partial charge in [-0.2, -0.15) is 0 Å². The van der Waals surface area contributed by atoms with Crippen LogP contribution in [0.25, 0.3) is 0 Å². The average molecular weight is 328 g/mol. The van der Waals surface area contributed by atoms with Crippen molar-refractivity contribution < 1.29 is 14.7 Å². The van der Waals surface area contributed by atoms with Crippen LogP contribution in [-0.2, 0) is 4.79 Å². The van der Waals surface area contributed by atoms with Crippen LogP contribution in [-0.4, -0.2) is 23.7 Å². The zero-order valence-corrected chi connectivity index (χ0v) is 13.9. The number of aromatic carboxylic acids is 1. The normalized spacial score (nSPS) is 10.6. The Hall–Kier alpha value is -2.27. The van der Waals surface area contributed by atoms with E-state index in [-0.39, 0.29) is 23.3 Å². The number of hydrogen-bond acceptors (Lipinski definition) is 4. The fraction of sp³-hybridized carbons (Fsp3) is 0.222. The first-order valence-electron chi connectivity index (χ1n) is 7.31. The minimum absolute atomic E-state index is 0.0156. The van der Waals surface area contributed by atoms with Gasteiger partial charge in [0.1, 0.15) is 0 Å². The minimum atomic E-state index is -1.23. The van der Waals surface area contributed by atoms with Crippen molar-refractivity contribution in [1.29, 1.82) is 0 Å². The Labute approximate surface area is 140 Å². The van der Waals surface area contributed by atoms with Crippen LogP contribution in [0.4, 0.5) is 5.69 Å². The lowest BCUT2D eigenvalue weighted by Crippen LogP contribution is -2.38. The molecular weight excluding hydrogens is 310 g/mol. The summed E-state index contributed by atoms with van der Waals surface area (Å²) in [5.41, 5.74) is 0.947. The molecule has 0 aliphatic rings. The number of nitrogens with zero attached hydrogens (tertiary/aromatic N) is 1. The van der Waals surface area contributed by atoms with Crippen LogP contribution in [0.5, 0.6) is 0 Å². The van der Waals surface area contributed by atoms with Gasteiger partial charge in [-0.1, -0.05) is 36.4 Å². The van der Waals surface area contributed by atoms with Crippen LogP contribution in [0.15, 0.2) is 59.5 Å². The fourth-order valence-electron chi connectivity index (χ4n) is 2.29. The van der Waals surface area contributed by atoms with Gasteiger partial charge >= 0.3 is 0 Å². The minimum Gasteiger partial charge on any atom is -0.545 e. The first-order chi connectivity index (χ1) is 11.0. The molecule has 0 unspecified atom stereocenters. The van der Waals surface area contributed by atoms with Crippen molar-refractivity contribution >= 4 is 29.3 Å². The summed E-state index contributed by atoms with van der Waals surface area (Å²) >= 11 is 1.21. The number of benzene rings is 2. The number of rotatable bonds is 6. The van der Waals surface area contributed by atoms with Crippen molar-refractivity contribution in [2.75, 3.05) is 10.7 Å². The highest BCUT2D eigenvalue weighted by molar-refractivity contribution is 8.00. The van der Waals surface area contributed by atoms with Gasteiger partial charge in [0, 0.05) is 22.2 Å². The Bertz CT molecular complexity index is 686. The topological polar surface area (TPSA) is 60.4 Å². The predicted octanol–water partition coefficient (Wildman–Crippen LogP) is 2.58. The number of hydrogen-bond donors (Lipinski definition) is 0. The molecule has 2 rings (SSSR count). The third-order valence-corrected chi connectivity index (χ3v) is 4.34. The maximum atomic E-state index is 12.6. The van der Waals surface area contributed by atoms with E-state index in [1.165, 1.54) is 17.8 Å². The molecule has 0 heterocycles. The molecule has 0 saturated heterocycles. The molecule has 5 heteroatoms. The largest absolute Gasteiger partial charge is 0.545 e. The summed E-state index contributed by atoms with van der Waals surface area (Å²) in [6.45, 7) is 3.90. The summed E-state index contributed by atoms with van der Waals surface area (Å²) in [7, 11) is 0. The molecule has 0 spiro atoms. The first kappa shape index (κ1) is 17.1. The molecule has 23 heavy (non-hydrogen) atoms. The predicted molar refractivity (Wildman–Crippen MR) is 90.6 cm³/mol. The Kier molecular flexibility index (Phi) is 5.82. The molecule has 0 aromatic heterocycles. The van der Waals surface area contributed by atoms with Gasteiger partial charge < -0.3 is 14.8 Å². The van der Waals surface area contributed by atoms with E-state index in [2.05, 4.69) is 0 Å². The molecule has 0 radical (unpaired) electrons. The van der Waals surface area contributed by atoms with Crippen LogP contribution >= 0.6 is 11.8 Å². The molecule has 0 saturated carbocycles. The lowest BCUT2D eigenvalue weighted by molar-refractivity contribution is -0.255. The number of carbonyl (C=O) groups is 2. The SMILES string of the molecule is CC(C)N(C(=O)CSc1ccccc1C(=O)[O-])c1ccccc1. The van der Waals surface area contributed by atoms with Crippen molar-refractivity contribution in [3.05, 3.63) is 60.2 Å². The van der Waals surface area contributed by atoms with Gasteiger partial charge in [0.2, 0.25) is 5.91 Å². The van der Waals surface area contributed by atoms with Crippen LogP contribution in [0.2, 0.25) is 0 Å². The Morgan fingerprint density at radius 3 is 2.26 bits per heavy atom. The van der Waals surface area contributed by atoms with Gasteiger partial charge in [0.25, 0.3) is 0 Å². The van der Waals surface area contributed by atoms with Gasteiger partial charge in [-0.05, 0) is 32.0 Å². The van der Waals surface area contributed by atoms with Crippen molar-refractivity contribution in [1.82, 2.24) is 0 Å². The van der Waals surface area contributed by atoms with Gasteiger partial charge in [0.15, 0.2) is 0 Å². The standard InChI is InChI=1S/C18H19NO3S/c1-13(2)19(14-8-4-3-5-9-14)17(20)12-23-16-11-7-6-10-15(16)18(21)22/h3-11,13H,12H2,1-2H3,(H,21,22)/p-1. The van der Waals surface area contributed by atoms with Crippen LogP contribution in [0.1, 0.15) is 24.2 Å². The highest BCUT2D eigenvalue weighted by Crippen LogP contribution is 2.24. The molecular formula is C18H18NO3S-. The molecule has 0 atom stereocenters. The molecule has 0 N–H and O–H groups in total. The number of amides is 1. The molecule has 0 aliphatic heterocycles. The van der Waals surface area contributed by atoms with E-state index in [1.807, 2.05) is 44.2 Å². The third-order valence-electron chi connectivity index (χ3n) is 3.28. The summed E-state index contributed by atoms with van der Waals surface area (Å²) in [5.74, 6) is -1.13. The van der Waals surface area contributed by atoms with Gasteiger partial charge in [-0.25, -0.2) is 0 Å². The second-order valence-electron chi connectivity index (χ2n) is 5.27. The number of anilines is 1. The van der Waals surface area contributed by atoms with E-state index in [9.17, 15) is 14.7 Å². The van der Waals surface area contributed by atoms with E-state index in [4.69, 9.17) is 0 Å². The third kappa shape index (κ3) is 4.36. The highest BCUT2D eigenvalue weighted by Gasteiger charge is 2.19. The van der Waals surface area contributed by atoms with E-state index in [1.54, 1.807) is 23.1 Å². The fourth-order valence-corrected chi connectivity index (χ4v) is 3.19. The Morgan fingerprint density at radius 1 is 1.04 bits per heavy atom. The Morgan fingerprint density at radius 2 is 1.65 bits per heavy atom. The number of carbonyl (C=O) groups excluding carboxylic acids is 2. The number of carboxylic acids is 1. The van der Waals surface area contributed by atoms with Crippen molar-refractivity contribution in [2.45, 2.75) is 24.8 Å². The Balaban J connectivity index is 2.13. The smallest absolute Gasteiger partial charge is 0.237 e. The molecule has 120 valence electrons. The van der Waals surface area contributed by atoms with Crippen molar-refractivity contribution in [2.24, 2.45) is 0 Å². The zero-order chi connectivity index (χ0) is 16.8. The molecule has 0 bridgehead atoms. The second-order valence-corrected chi connectivity index (χ2v) is 6.28. The first-order valence-corrected chi connectivity index (χ1v) is 8.29. The number of para-hydroxylation sites is 1. The van der Waals surface area contributed by atoms with Crippen molar-refractivity contribution in [3.63, 3.8) is 0 Å². The summed E-state index contributed by atoms with van der Waals surface area (Å²) < 4.78 is 0. The van der Waals surface area contributed by atoms with Gasteiger partial charge in [0.05, 0.1) is 11.7 Å². The molecule has 2 aromatic carbocycles. The van der Waals surface area contributed by atoms with E-state index in [0.29, 0.717) is 4.90 Å². The average Bonchev–Trinajstić information content (AvgIpc) is 2.54. The highest BCUT2D eigenvalue weighted by atomic mass is 32.2. The molecule has 2 aromatic rings. The van der Waals surface area contributed by atoms with E-state index in [0.717, 1.165) is 5.69 Å². The summed E-state index contributed by atoms with van der Waals surface area (Å²) in [6.07, 6.45) is 0. The van der Waals surface area contributed by atoms with Crippen LogP contribution < -0.4 is 10.0 Å². The van der Waals surface area contributed by atoms with Gasteiger partial charge in [-0.3, -0.25) is 4.79 Å². The summed E-state index contributed by atoms with van der Waals surface area (Å²) in [6, 6.07) is 16.0. The lowest BCUT2D eigenvalue weighted by Gasteiger charge is -2.27. The van der Waals surface area contributed by atoms with E-state index < -0.39 is 5.97 Å². The second kappa shape index (κ2) is 7.83. The number of thioether (sulfide) groups is 1. The van der Waals surface area contributed by atoms with Gasteiger partial charge in [-0.15, -0.1) is 11.8 Å². The summed E-state index contributed by atoms with van der Waals surface area (Å²) in [5, 5.41) is 11.1. The van der Waals surface area contributed by atoms with Crippen molar-refractivity contribution in [3.8, 4) is 0 Å². The molecule has 0 fully saturated rings. The quantitative estimate of drug-likeness (QED) is 0.765. The monoisotopic (exact) mass is 328 g/mol. The molecule has 1 amide bonds. The van der Waals surface area contributed by atoms with Crippen LogP contribution in [0.3, 0.4) is 0 Å².